The number of benzene rings is 1. The molecule has 2 aromatic heterocycles. The number of aromatic nitrogens is 3. The summed E-state index contributed by atoms with van der Waals surface area (Å²) in [6.07, 6.45) is 7.01. The Morgan fingerprint density at radius 3 is 2.90 bits per heavy atom. The molecule has 1 saturated heterocycles. The summed E-state index contributed by atoms with van der Waals surface area (Å²) < 4.78 is 14.1. The first-order valence-corrected chi connectivity index (χ1v) is 9.86. The number of amides is 1. The summed E-state index contributed by atoms with van der Waals surface area (Å²) in [7, 11) is 0. The van der Waals surface area contributed by atoms with Gasteiger partial charge in [-0.1, -0.05) is 18.2 Å². The highest BCUT2D eigenvalue weighted by Crippen LogP contribution is 2.28. The third kappa shape index (κ3) is 4.47. The van der Waals surface area contributed by atoms with Crippen molar-refractivity contribution in [3.8, 4) is 0 Å². The molecular formula is C23H23FN4O. The van der Waals surface area contributed by atoms with Crippen LogP contribution in [0.25, 0.3) is 0 Å². The van der Waals surface area contributed by atoms with E-state index in [1.54, 1.807) is 12.3 Å². The number of aryl methyl sites for hydroxylation is 1. The Bertz CT molecular complexity index is 1010. The van der Waals surface area contributed by atoms with E-state index in [1.165, 1.54) is 18.5 Å². The van der Waals surface area contributed by atoms with Crippen LogP contribution in [0.2, 0.25) is 0 Å². The van der Waals surface area contributed by atoms with Gasteiger partial charge in [0.2, 0.25) is 0 Å². The topological polar surface area (TPSA) is 59.0 Å². The van der Waals surface area contributed by atoms with Gasteiger partial charge in [-0.25, -0.2) is 9.37 Å². The number of nitrogens with zero attached hydrogens (tertiary/aromatic N) is 4. The van der Waals surface area contributed by atoms with Crippen LogP contribution in [-0.2, 0) is 6.42 Å². The van der Waals surface area contributed by atoms with E-state index >= 15 is 0 Å². The molecule has 6 heteroatoms. The van der Waals surface area contributed by atoms with Gasteiger partial charge in [0.25, 0.3) is 5.91 Å². The largest absolute Gasteiger partial charge is 0.337 e. The van der Waals surface area contributed by atoms with Gasteiger partial charge in [0, 0.05) is 49.2 Å². The molecule has 0 N–H and O–H groups in total. The normalized spacial score (nSPS) is 16.6. The van der Waals surface area contributed by atoms with E-state index in [9.17, 15) is 9.18 Å². The molecule has 3 aromatic rings. The van der Waals surface area contributed by atoms with E-state index in [0.29, 0.717) is 30.8 Å². The fourth-order valence-corrected chi connectivity index (χ4v) is 3.92. The highest BCUT2D eigenvalue weighted by Gasteiger charge is 2.27. The van der Waals surface area contributed by atoms with E-state index in [2.05, 4.69) is 16.0 Å². The quantitative estimate of drug-likeness (QED) is 0.677. The molecule has 0 spiro atoms. The molecule has 0 radical (unpaired) electrons. The lowest BCUT2D eigenvalue weighted by molar-refractivity contribution is 0.0699. The molecular weight excluding hydrogens is 367 g/mol. The number of carbonyl (C=O) groups excluding carboxylic acids is 1. The maximum atomic E-state index is 14.1. The van der Waals surface area contributed by atoms with Crippen molar-refractivity contribution in [3.63, 3.8) is 0 Å². The summed E-state index contributed by atoms with van der Waals surface area (Å²) in [6.45, 7) is 3.27. The first kappa shape index (κ1) is 19.2. The predicted octanol–water partition coefficient (Wildman–Crippen LogP) is 3.93. The Morgan fingerprint density at radius 2 is 2.10 bits per heavy atom. The smallest absolute Gasteiger partial charge is 0.274 e. The van der Waals surface area contributed by atoms with Crippen LogP contribution in [0.15, 0.2) is 55.0 Å². The molecule has 0 aliphatic carbocycles. The van der Waals surface area contributed by atoms with Crippen LogP contribution < -0.4 is 0 Å². The fraction of sp³-hybridized carbons (Fsp3) is 0.304. The first-order chi connectivity index (χ1) is 14.1. The van der Waals surface area contributed by atoms with Crippen molar-refractivity contribution >= 4 is 5.91 Å². The highest BCUT2D eigenvalue weighted by molar-refractivity contribution is 5.92. The third-order valence-corrected chi connectivity index (χ3v) is 5.29. The fourth-order valence-electron chi connectivity index (χ4n) is 3.92. The van der Waals surface area contributed by atoms with Crippen molar-refractivity contribution in [2.75, 3.05) is 13.1 Å². The first-order valence-electron chi connectivity index (χ1n) is 9.86. The Labute approximate surface area is 169 Å². The number of hydrogen-bond donors (Lipinski definition) is 0. The van der Waals surface area contributed by atoms with Gasteiger partial charge in [0.1, 0.15) is 11.5 Å². The maximum absolute atomic E-state index is 14.1. The second-order valence-corrected chi connectivity index (χ2v) is 7.49. The zero-order chi connectivity index (χ0) is 20.2. The molecule has 148 valence electrons. The zero-order valence-corrected chi connectivity index (χ0v) is 16.4. The molecule has 1 fully saturated rings. The van der Waals surface area contributed by atoms with E-state index in [-0.39, 0.29) is 17.6 Å². The van der Waals surface area contributed by atoms with E-state index in [4.69, 9.17) is 4.98 Å². The zero-order valence-electron chi connectivity index (χ0n) is 16.4. The van der Waals surface area contributed by atoms with Crippen molar-refractivity contribution in [3.05, 3.63) is 89.0 Å². The van der Waals surface area contributed by atoms with Crippen molar-refractivity contribution in [1.29, 1.82) is 0 Å². The minimum absolute atomic E-state index is 0.0953. The third-order valence-electron chi connectivity index (χ3n) is 5.29. The Morgan fingerprint density at radius 1 is 1.24 bits per heavy atom. The van der Waals surface area contributed by atoms with Crippen LogP contribution in [0.5, 0.6) is 0 Å². The lowest BCUT2D eigenvalue weighted by Gasteiger charge is -2.32. The van der Waals surface area contributed by atoms with Crippen LogP contribution in [0, 0.1) is 12.7 Å². The number of likely N-dealkylation sites (tertiary alicyclic amines) is 1. The van der Waals surface area contributed by atoms with Gasteiger partial charge in [0.05, 0.1) is 6.20 Å². The average molecular weight is 390 g/mol. The minimum Gasteiger partial charge on any atom is -0.337 e. The number of hydrogen-bond acceptors (Lipinski definition) is 4. The van der Waals surface area contributed by atoms with Crippen molar-refractivity contribution in [2.24, 2.45) is 0 Å². The molecule has 1 aromatic carbocycles. The SMILES string of the molecule is Cc1cc(Cc2ccccc2F)cc([C@H]2CCCN(C(=O)c3cnccn3)C2)n1. The lowest BCUT2D eigenvalue weighted by Crippen LogP contribution is -2.39. The second-order valence-electron chi connectivity index (χ2n) is 7.49. The van der Waals surface area contributed by atoms with Gasteiger partial charge in [-0.3, -0.25) is 14.8 Å². The van der Waals surface area contributed by atoms with Gasteiger partial charge in [-0.15, -0.1) is 0 Å². The maximum Gasteiger partial charge on any atom is 0.274 e. The van der Waals surface area contributed by atoms with E-state index in [0.717, 1.165) is 29.8 Å². The molecule has 1 atom stereocenters. The molecule has 1 aliphatic heterocycles. The van der Waals surface area contributed by atoms with Crippen LogP contribution >= 0.6 is 0 Å². The molecule has 1 aliphatic rings. The number of piperidine rings is 1. The van der Waals surface area contributed by atoms with Crippen LogP contribution in [0.3, 0.4) is 0 Å². The molecule has 1 amide bonds. The molecule has 5 nitrogen and oxygen atoms in total. The molecule has 3 heterocycles. The number of carbonyl (C=O) groups is 1. The van der Waals surface area contributed by atoms with Crippen molar-refractivity contribution < 1.29 is 9.18 Å². The number of halogens is 1. The molecule has 4 rings (SSSR count). The summed E-state index contributed by atoms with van der Waals surface area (Å²) in [5.41, 5.74) is 3.95. The molecule has 29 heavy (non-hydrogen) atoms. The molecule has 0 unspecified atom stereocenters. The van der Waals surface area contributed by atoms with Crippen LogP contribution in [0.4, 0.5) is 4.39 Å². The number of pyridine rings is 1. The minimum atomic E-state index is -0.193. The van der Waals surface area contributed by atoms with E-state index < -0.39 is 0 Å². The lowest BCUT2D eigenvalue weighted by atomic mass is 9.92. The van der Waals surface area contributed by atoms with Gasteiger partial charge in [-0.2, -0.15) is 0 Å². The van der Waals surface area contributed by atoms with Crippen LogP contribution in [-0.4, -0.2) is 38.8 Å². The summed E-state index contributed by atoms with van der Waals surface area (Å²) in [5, 5.41) is 0. The van der Waals surface area contributed by atoms with Crippen molar-refractivity contribution in [2.45, 2.75) is 32.1 Å². The summed E-state index contributed by atoms with van der Waals surface area (Å²) >= 11 is 0. The Hall–Kier alpha value is -3.15. The number of rotatable bonds is 4. The Kier molecular flexibility index (Phi) is 5.60. The summed E-state index contributed by atoms with van der Waals surface area (Å²) in [5.74, 6) is -0.132. The van der Waals surface area contributed by atoms with E-state index in [1.807, 2.05) is 30.0 Å². The summed E-state index contributed by atoms with van der Waals surface area (Å²) in [6, 6.07) is 10.9. The highest BCUT2D eigenvalue weighted by atomic mass is 19.1. The van der Waals surface area contributed by atoms with Gasteiger partial charge in [-0.05, 0) is 49.1 Å². The standard InChI is InChI=1S/C23H23FN4O/c1-16-11-17(12-18-5-2-3-7-20(18)24)13-21(27-16)19-6-4-10-28(15-19)23(29)22-14-25-8-9-26-22/h2-3,5,7-9,11,13-14,19H,4,6,10,12,15H2,1H3/t19-/m0/s1. The van der Waals surface area contributed by atoms with Crippen LogP contribution in [0.1, 0.15) is 51.8 Å². The summed E-state index contributed by atoms with van der Waals surface area (Å²) in [4.78, 5) is 27.4. The monoisotopic (exact) mass is 390 g/mol. The van der Waals surface area contributed by atoms with Crippen molar-refractivity contribution in [1.82, 2.24) is 19.9 Å². The molecule has 0 saturated carbocycles. The van der Waals surface area contributed by atoms with Gasteiger partial charge in [0.15, 0.2) is 0 Å². The molecule has 0 bridgehead atoms. The second kappa shape index (κ2) is 8.47. The predicted molar refractivity (Wildman–Crippen MR) is 108 cm³/mol. The van der Waals surface area contributed by atoms with Gasteiger partial charge >= 0.3 is 0 Å². The Balaban J connectivity index is 1.54. The van der Waals surface area contributed by atoms with Gasteiger partial charge < -0.3 is 4.90 Å². The average Bonchev–Trinajstić information content (AvgIpc) is 2.75.